The van der Waals surface area contributed by atoms with E-state index in [0.717, 1.165) is 5.56 Å². The summed E-state index contributed by atoms with van der Waals surface area (Å²) in [6, 6.07) is 13.5. The molecule has 1 heterocycles. The summed E-state index contributed by atoms with van der Waals surface area (Å²) in [5.74, 6) is 0.235. The van der Waals surface area contributed by atoms with Crippen molar-refractivity contribution in [3.8, 4) is 0 Å². The summed E-state index contributed by atoms with van der Waals surface area (Å²) in [4.78, 5) is 28.2. The monoisotopic (exact) mass is 455 g/mol. The van der Waals surface area contributed by atoms with Gasteiger partial charge >= 0.3 is 0 Å². The third kappa shape index (κ3) is 6.38. The third-order valence-corrected chi connectivity index (χ3v) is 6.22. The highest BCUT2D eigenvalue weighted by Crippen LogP contribution is 2.35. The Bertz CT molecular complexity index is 979. The van der Waals surface area contributed by atoms with E-state index in [2.05, 4.69) is 18.7 Å². The van der Waals surface area contributed by atoms with Crippen LogP contribution in [0.5, 0.6) is 0 Å². The number of likely N-dealkylation sites (tertiary alicyclic amines) is 1. The molecule has 0 N–H and O–H groups in total. The average Bonchev–Trinajstić information content (AvgIpc) is 3.14. The van der Waals surface area contributed by atoms with Crippen molar-refractivity contribution in [1.82, 2.24) is 9.80 Å². The number of nitro benzene ring substituents is 1. The number of benzene rings is 2. The zero-order chi connectivity index (χ0) is 24.1. The first-order valence-electron chi connectivity index (χ1n) is 11.6. The SMILES string of the molecule is CC(C)CN(C[C@H]1CN(Cc2ccccc2[N+](=O)[O-])C[C@@H]1c1cccc(F)c1)C(=O)C(C)C. The number of nitrogens with zero attached hydrogens (tertiary/aromatic N) is 3. The van der Waals surface area contributed by atoms with Crippen LogP contribution in [0.1, 0.15) is 44.7 Å². The first-order valence-corrected chi connectivity index (χ1v) is 11.6. The second kappa shape index (κ2) is 10.9. The predicted octanol–water partition coefficient (Wildman–Crippen LogP) is 5.09. The van der Waals surface area contributed by atoms with Gasteiger partial charge in [0, 0.05) is 56.2 Å². The minimum Gasteiger partial charge on any atom is -0.342 e. The molecule has 1 saturated heterocycles. The Balaban J connectivity index is 1.87. The standard InChI is InChI=1S/C26H34FN3O3/c1-18(2)13-29(26(31)19(3)4)16-22-15-28(14-21-8-5-6-11-25(21)30(32)33)17-24(22)20-9-7-10-23(27)12-20/h5-12,18-19,22,24H,13-17H2,1-4H3/t22-,24-/m1/s1. The van der Waals surface area contributed by atoms with E-state index < -0.39 is 0 Å². The van der Waals surface area contributed by atoms with Gasteiger partial charge in [0.25, 0.3) is 5.69 Å². The Morgan fingerprint density at radius 2 is 1.88 bits per heavy atom. The second-order valence-electron chi connectivity index (χ2n) is 9.79. The largest absolute Gasteiger partial charge is 0.342 e. The Morgan fingerprint density at radius 1 is 1.15 bits per heavy atom. The molecule has 1 fully saturated rings. The fraction of sp³-hybridized carbons (Fsp3) is 0.500. The summed E-state index contributed by atoms with van der Waals surface area (Å²) >= 11 is 0. The van der Waals surface area contributed by atoms with Gasteiger partial charge in [0.05, 0.1) is 4.92 Å². The van der Waals surface area contributed by atoms with E-state index in [0.29, 0.717) is 44.2 Å². The maximum atomic E-state index is 14.0. The van der Waals surface area contributed by atoms with Crippen molar-refractivity contribution in [2.24, 2.45) is 17.8 Å². The van der Waals surface area contributed by atoms with Crippen LogP contribution in [0.2, 0.25) is 0 Å². The van der Waals surface area contributed by atoms with Crippen molar-refractivity contribution in [3.05, 3.63) is 75.6 Å². The van der Waals surface area contributed by atoms with Gasteiger partial charge in [-0.2, -0.15) is 0 Å². The number of para-hydroxylation sites is 1. The third-order valence-electron chi connectivity index (χ3n) is 6.22. The summed E-state index contributed by atoms with van der Waals surface area (Å²) < 4.78 is 14.0. The predicted molar refractivity (Wildman–Crippen MR) is 127 cm³/mol. The van der Waals surface area contributed by atoms with Crippen molar-refractivity contribution in [1.29, 1.82) is 0 Å². The molecule has 1 amide bonds. The molecule has 0 aromatic heterocycles. The Kier molecular flexibility index (Phi) is 8.19. The van der Waals surface area contributed by atoms with E-state index >= 15 is 0 Å². The Morgan fingerprint density at radius 3 is 2.52 bits per heavy atom. The van der Waals surface area contributed by atoms with E-state index in [9.17, 15) is 19.3 Å². The lowest BCUT2D eigenvalue weighted by molar-refractivity contribution is -0.385. The minimum atomic E-state index is -0.349. The number of carbonyl (C=O) groups is 1. The summed E-state index contributed by atoms with van der Waals surface area (Å²) in [7, 11) is 0. The number of nitro groups is 1. The highest BCUT2D eigenvalue weighted by molar-refractivity contribution is 5.78. The van der Waals surface area contributed by atoms with Crippen LogP contribution in [0.25, 0.3) is 0 Å². The van der Waals surface area contributed by atoms with Crippen molar-refractivity contribution < 1.29 is 14.1 Å². The normalized spacial score (nSPS) is 18.8. The van der Waals surface area contributed by atoms with Crippen LogP contribution in [-0.4, -0.2) is 46.8 Å². The zero-order valence-electron chi connectivity index (χ0n) is 19.9. The molecule has 6 nitrogen and oxygen atoms in total. The fourth-order valence-electron chi connectivity index (χ4n) is 4.80. The molecule has 0 bridgehead atoms. The maximum absolute atomic E-state index is 14.0. The molecule has 2 aromatic rings. The molecule has 0 unspecified atom stereocenters. The lowest BCUT2D eigenvalue weighted by Crippen LogP contribution is -2.41. The van der Waals surface area contributed by atoms with Crippen LogP contribution in [0, 0.1) is 33.7 Å². The zero-order valence-corrected chi connectivity index (χ0v) is 19.9. The van der Waals surface area contributed by atoms with Crippen LogP contribution < -0.4 is 0 Å². The van der Waals surface area contributed by atoms with Gasteiger partial charge in [0.15, 0.2) is 0 Å². The molecule has 7 heteroatoms. The van der Waals surface area contributed by atoms with Gasteiger partial charge in [-0.1, -0.05) is 58.0 Å². The van der Waals surface area contributed by atoms with E-state index in [1.165, 1.54) is 12.1 Å². The van der Waals surface area contributed by atoms with Gasteiger partial charge in [-0.15, -0.1) is 0 Å². The van der Waals surface area contributed by atoms with Gasteiger partial charge in [-0.05, 0) is 29.5 Å². The van der Waals surface area contributed by atoms with E-state index in [-0.39, 0.29) is 40.1 Å². The molecule has 0 spiro atoms. The smallest absolute Gasteiger partial charge is 0.273 e. The molecule has 33 heavy (non-hydrogen) atoms. The molecule has 1 aliphatic heterocycles. The molecular weight excluding hydrogens is 421 g/mol. The van der Waals surface area contributed by atoms with E-state index in [1.807, 2.05) is 30.9 Å². The molecule has 0 saturated carbocycles. The van der Waals surface area contributed by atoms with Crippen LogP contribution in [0.15, 0.2) is 48.5 Å². The summed E-state index contributed by atoms with van der Waals surface area (Å²) in [5.41, 5.74) is 1.68. The van der Waals surface area contributed by atoms with Crippen molar-refractivity contribution in [3.63, 3.8) is 0 Å². The second-order valence-corrected chi connectivity index (χ2v) is 9.79. The van der Waals surface area contributed by atoms with Crippen LogP contribution >= 0.6 is 0 Å². The van der Waals surface area contributed by atoms with E-state index in [1.54, 1.807) is 24.3 Å². The number of hydrogen-bond acceptors (Lipinski definition) is 4. The molecule has 2 aromatic carbocycles. The lowest BCUT2D eigenvalue weighted by Gasteiger charge is -2.31. The number of rotatable bonds is 9. The summed E-state index contributed by atoms with van der Waals surface area (Å²) in [5, 5.41) is 11.5. The summed E-state index contributed by atoms with van der Waals surface area (Å²) in [6.45, 7) is 11.1. The van der Waals surface area contributed by atoms with Crippen LogP contribution in [0.3, 0.4) is 0 Å². The molecule has 178 valence electrons. The van der Waals surface area contributed by atoms with E-state index in [4.69, 9.17) is 0 Å². The highest BCUT2D eigenvalue weighted by atomic mass is 19.1. The van der Waals surface area contributed by atoms with Crippen molar-refractivity contribution >= 4 is 11.6 Å². The molecular formula is C26H34FN3O3. The molecule has 2 atom stereocenters. The first-order chi connectivity index (χ1) is 15.7. The Labute approximate surface area is 195 Å². The first kappa shape index (κ1) is 24.8. The van der Waals surface area contributed by atoms with Crippen molar-refractivity contribution in [2.75, 3.05) is 26.2 Å². The molecule has 0 radical (unpaired) electrons. The number of carbonyl (C=O) groups excluding carboxylic acids is 1. The van der Waals surface area contributed by atoms with Crippen LogP contribution in [-0.2, 0) is 11.3 Å². The number of hydrogen-bond donors (Lipinski definition) is 0. The molecule has 0 aliphatic carbocycles. The minimum absolute atomic E-state index is 0.0399. The quantitative estimate of drug-likeness (QED) is 0.390. The fourth-order valence-corrected chi connectivity index (χ4v) is 4.80. The lowest BCUT2D eigenvalue weighted by atomic mass is 9.88. The van der Waals surface area contributed by atoms with Gasteiger partial charge < -0.3 is 4.90 Å². The van der Waals surface area contributed by atoms with Gasteiger partial charge in [-0.25, -0.2) is 4.39 Å². The molecule has 3 rings (SSSR count). The van der Waals surface area contributed by atoms with Gasteiger partial charge in [-0.3, -0.25) is 19.8 Å². The van der Waals surface area contributed by atoms with Gasteiger partial charge in [0.1, 0.15) is 5.82 Å². The summed E-state index contributed by atoms with van der Waals surface area (Å²) in [6.07, 6.45) is 0. The van der Waals surface area contributed by atoms with Crippen LogP contribution in [0.4, 0.5) is 10.1 Å². The van der Waals surface area contributed by atoms with Crippen molar-refractivity contribution in [2.45, 2.75) is 40.2 Å². The maximum Gasteiger partial charge on any atom is 0.273 e. The average molecular weight is 456 g/mol. The Hall–Kier alpha value is -2.80. The molecule has 1 aliphatic rings. The number of amides is 1. The number of halogens is 1. The highest BCUT2D eigenvalue weighted by Gasteiger charge is 2.37. The van der Waals surface area contributed by atoms with Gasteiger partial charge in [0.2, 0.25) is 5.91 Å². The topological polar surface area (TPSA) is 66.7 Å².